The highest BCUT2D eigenvalue weighted by molar-refractivity contribution is 5.81. The summed E-state index contributed by atoms with van der Waals surface area (Å²) in [4.78, 5) is 21.6. The van der Waals surface area contributed by atoms with Gasteiger partial charge in [-0.05, 0) is 29.3 Å². The van der Waals surface area contributed by atoms with E-state index in [0.717, 1.165) is 11.1 Å². The molecule has 27 heavy (non-hydrogen) atoms. The number of rotatable bonds is 7. The van der Waals surface area contributed by atoms with Gasteiger partial charge in [0, 0.05) is 0 Å². The molecule has 3 aromatic rings. The van der Waals surface area contributed by atoms with E-state index in [1.165, 1.54) is 18.3 Å². The Hall–Kier alpha value is -3.94. The normalized spacial score (nSPS) is 10.7. The molecule has 8 heteroatoms. The molecule has 0 radical (unpaired) electrons. The molecule has 1 amide bonds. The Kier molecular flexibility index (Phi) is 5.58. The van der Waals surface area contributed by atoms with Gasteiger partial charge in [0.1, 0.15) is 10.7 Å². The molecule has 0 aliphatic carbocycles. The molecule has 1 N–H and O–H groups in total. The van der Waals surface area contributed by atoms with Crippen molar-refractivity contribution in [2.24, 2.45) is 5.10 Å². The molecule has 0 aliphatic heterocycles. The molecule has 0 unspecified atom stereocenters. The van der Waals surface area contributed by atoms with Crippen LogP contribution in [-0.4, -0.2) is 23.7 Å². The molecule has 0 fully saturated rings. The zero-order valence-corrected chi connectivity index (χ0v) is 14.1. The second-order valence-electron chi connectivity index (χ2n) is 5.41. The van der Waals surface area contributed by atoms with E-state index in [9.17, 15) is 14.9 Å². The molecule has 0 bridgehead atoms. The minimum Gasteiger partial charge on any atom is -0.484 e. The highest BCUT2D eigenvalue weighted by Gasteiger charge is 2.10. The summed E-state index contributed by atoms with van der Waals surface area (Å²) in [5, 5.41) is 14.2. The SMILES string of the molecule is O=C(COc1ccc(-c2ccccc2)cc1)NN=Cc1ccc([N+](=O)[O-])o1. The first-order valence-electron chi connectivity index (χ1n) is 7.96. The minimum atomic E-state index is -0.660. The molecule has 136 valence electrons. The largest absolute Gasteiger partial charge is 0.484 e. The molecule has 2 aromatic carbocycles. The van der Waals surface area contributed by atoms with Crippen molar-refractivity contribution >= 4 is 18.0 Å². The Labute approximate surface area is 154 Å². The summed E-state index contributed by atoms with van der Waals surface area (Å²) in [6.45, 7) is -0.222. The van der Waals surface area contributed by atoms with E-state index < -0.39 is 16.7 Å². The molecule has 0 spiro atoms. The quantitative estimate of drug-likeness (QED) is 0.392. The van der Waals surface area contributed by atoms with Crippen LogP contribution >= 0.6 is 0 Å². The number of nitrogens with zero attached hydrogens (tertiary/aromatic N) is 2. The summed E-state index contributed by atoms with van der Waals surface area (Å²) < 4.78 is 10.3. The van der Waals surface area contributed by atoms with Crippen LogP contribution in [0.5, 0.6) is 5.75 Å². The number of hydrazone groups is 1. The number of hydrogen-bond acceptors (Lipinski definition) is 6. The minimum absolute atomic E-state index is 0.152. The lowest BCUT2D eigenvalue weighted by Gasteiger charge is -2.06. The lowest BCUT2D eigenvalue weighted by molar-refractivity contribution is -0.402. The van der Waals surface area contributed by atoms with Gasteiger partial charge in [-0.2, -0.15) is 5.10 Å². The van der Waals surface area contributed by atoms with Crippen LogP contribution < -0.4 is 10.2 Å². The first-order valence-corrected chi connectivity index (χ1v) is 7.96. The molecular weight excluding hydrogens is 350 g/mol. The average molecular weight is 365 g/mol. The maximum Gasteiger partial charge on any atom is 0.433 e. The Morgan fingerprint density at radius 2 is 1.78 bits per heavy atom. The maximum atomic E-state index is 11.7. The fourth-order valence-electron chi connectivity index (χ4n) is 2.23. The Balaban J connectivity index is 1.47. The van der Waals surface area contributed by atoms with Crippen molar-refractivity contribution < 1.29 is 18.9 Å². The Bertz CT molecular complexity index is 949. The third-order valence-electron chi connectivity index (χ3n) is 3.50. The van der Waals surface area contributed by atoms with Crippen LogP contribution in [0.15, 0.2) is 76.2 Å². The summed E-state index contributed by atoms with van der Waals surface area (Å²) in [5.41, 5.74) is 4.39. The number of ether oxygens (including phenoxy) is 1. The highest BCUT2D eigenvalue weighted by atomic mass is 16.6. The molecule has 0 atom stereocenters. The predicted octanol–water partition coefficient (Wildman–Crippen LogP) is 3.38. The van der Waals surface area contributed by atoms with Crippen LogP contribution in [0.4, 0.5) is 5.88 Å². The molecule has 3 rings (SSSR count). The van der Waals surface area contributed by atoms with Gasteiger partial charge in [0.05, 0.1) is 12.3 Å². The average Bonchev–Trinajstić information content (AvgIpc) is 3.17. The first-order chi connectivity index (χ1) is 13.1. The lowest BCUT2D eigenvalue weighted by atomic mass is 10.1. The smallest absolute Gasteiger partial charge is 0.433 e. The van der Waals surface area contributed by atoms with E-state index in [-0.39, 0.29) is 12.4 Å². The molecule has 1 heterocycles. The van der Waals surface area contributed by atoms with Crippen LogP contribution in [0.3, 0.4) is 0 Å². The Morgan fingerprint density at radius 3 is 2.44 bits per heavy atom. The molecule has 1 aromatic heterocycles. The van der Waals surface area contributed by atoms with Crippen molar-refractivity contribution in [1.29, 1.82) is 0 Å². The van der Waals surface area contributed by atoms with Crippen molar-refractivity contribution in [2.45, 2.75) is 0 Å². The molecule has 0 saturated heterocycles. The number of nitrogens with one attached hydrogen (secondary N) is 1. The summed E-state index contributed by atoms with van der Waals surface area (Å²) in [7, 11) is 0. The zero-order valence-electron chi connectivity index (χ0n) is 14.1. The fraction of sp³-hybridized carbons (Fsp3) is 0.0526. The number of nitro groups is 1. The van der Waals surface area contributed by atoms with Crippen molar-refractivity contribution in [1.82, 2.24) is 5.43 Å². The number of carbonyl (C=O) groups is 1. The van der Waals surface area contributed by atoms with E-state index in [4.69, 9.17) is 9.15 Å². The van der Waals surface area contributed by atoms with Gasteiger partial charge < -0.3 is 9.15 Å². The highest BCUT2D eigenvalue weighted by Crippen LogP contribution is 2.22. The number of hydrogen-bond donors (Lipinski definition) is 1. The van der Waals surface area contributed by atoms with E-state index >= 15 is 0 Å². The van der Waals surface area contributed by atoms with Gasteiger partial charge >= 0.3 is 5.88 Å². The third kappa shape index (κ3) is 5.02. The van der Waals surface area contributed by atoms with Gasteiger partial charge in [-0.25, -0.2) is 5.43 Å². The second kappa shape index (κ2) is 8.43. The number of benzene rings is 2. The topological polar surface area (TPSA) is 107 Å². The molecule has 8 nitrogen and oxygen atoms in total. The maximum absolute atomic E-state index is 11.7. The van der Waals surface area contributed by atoms with E-state index in [0.29, 0.717) is 5.75 Å². The predicted molar refractivity (Wildman–Crippen MR) is 98.5 cm³/mol. The summed E-state index contributed by atoms with van der Waals surface area (Å²) in [5.74, 6) is -0.167. The summed E-state index contributed by atoms with van der Waals surface area (Å²) >= 11 is 0. The van der Waals surface area contributed by atoms with Gasteiger partial charge in [0.25, 0.3) is 5.91 Å². The number of amides is 1. The number of carbonyl (C=O) groups excluding carboxylic acids is 1. The lowest BCUT2D eigenvalue weighted by Crippen LogP contribution is -2.24. The van der Waals surface area contributed by atoms with Crippen molar-refractivity contribution in [3.63, 3.8) is 0 Å². The summed E-state index contributed by atoms with van der Waals surface area (Å²) in [6.07, 6.45) is 1.17. The van der Waals surface area contributed by atoms with Crippen LogP contribution in [0.25, 0.3) is 11.1 Å². The Morgan fingerprint density at radius 1 is 1.07 bits per heavy atom. The zero-order chi connectivity index (χ0) is 19.1. The van der Waals surface area contributed by atoms with Crippen LogP contribution in [0.2, 0.25) is 0 Å². The van der Waals surface area contributed by atoms with Crippen molar-refractivity contribution in [2.75, 3.05) is 6.61 Å². The third-order valence-corrected chi connectivity index (χ3v) is 3.50. The van der Waals surface area contributed by atoms with E-state index in [1.807, 2.05) is 42.5 Å². The molecule has 0 aliphatic rings. The van der Waals surface area contributed by atoms with Crippen LogP contribution in [0, 0.1) is 10.1 Å². The summed E-state index contributed by atoms with van der Waals surface area (Å²) in [6, 6.07) is 19.8. The second-order valence-corrected chi connectivity index (χ2v) is 5.41. The monoisotopic (exact) mass is 365 g/mol. The van der Waals surface area contributed by atoms with Crippen LogP contribution in [0.1, 0.15) is 5.76 Å². The fourth-order valence-corrected chi connectivity index (χ4v) is 2.23. The van der Waals surface area contributed by atoms with Crippen LogP contribution in [-0.2, 0) is 4.79 Å². The first kappa shape index (κ1) is 17.9. The van der Waals surface area contributed by atoms with E-state index in [2.05, 4.69) is 10.5 Å². The van der Waals surface area contributed by atoms with Crippen molar-refractivity contribution in [3.8, 4) is 16.9 Å². The van der Waals surface area contributed by atoms with Gasteiger partial charge in [0.15, 0.2) is 12.4 Å². The molecule has 0 saturated carbocycles. The van der Waals surface area contributed by atoms with Crippen molar-refractivity contribution in [3.05, 3.63) is 82.6 Å². The van der Waals surface area contributed by atoms with Gasteiger partial charge in [-0.1, -0.05) is 42.5 Å². The number of furan rings is 1. The standard InChI is InChI=1S/C19H15N3O5/c23-18(21-20-12-17-10-11-19(27-17)22(24)25)13-26-16-8-6-15(7-9-16)14-4-2-1-3-5-14/h1-12H,13H2,(H,21,23). The van der Waals surface area contributed by atoms with Gasteiger partial charge in [-0.3, -0.25) is 14.9 Å². The van der Waals surface area contributed by atoms with Gasteiger partial charge in [0.2, 0.25) is 0 Å². The molecular formula is C19H15N3O5. The van der Waals surface area contributed by atoms with Gasteiger partial charge in [-0.15, -0.1) is 0 Å². The van der Waals surface area contributed by atoms with E-state index in [1.54, 1.807) is 12.1 Å².